The van der Waals surface area contributed by atoms with Crippen LogP contribution in [0.25, 0.3) is 11.0 Å². The first-order chi connectivity index (χ1) is 17.0. The first-order valence-corrected chi connectivity index (χ1v) is 12.0. The highest BCUT2D eigenvalue weighted by Gasteiger charge is 2.39. The standard InChI is InChI=1S/C24H29N5O7/c1-24(2,3)36-23(34)27-9-10-28-13(11-27)12-35-19-14(21(28)32)5-6-15-18(19)26(4)22(33)29(15)16-7-8-17(30)25-20(16)31/h5-6,13,16H,7-12H2,1-4H3,(H,25,30,31)/t13-,16?/m0/s1. The molecule has 1 aromatic heterocycles. The zero-order chi connectivity index (χ0) is 25.9. The van der Waals surface area contributed by atoms with Gasteiger partial charge in [0, 0.05) is 33.1 Å². The molecular formula is C24H29N5O7. The zero-order valence-corrected chi connectivity index (χ0v) is 20.7. The molecule has 0 aliphatic carbocycles. The number of hydrogen-bond donors (Lipinski definition) is 1. The number of nitrogens with zero attached hydrogens (tertiary/aromatic N) is 4. The van der Waals surface area contributed by atoms with E-state index in [0.717, 1.165) is 0 Å². The van der Waals surface area contributed by atoms with E-state index >= 15 is 0 Å². The quantitative estimate of drug-likeness (QED) is 0.573. The van der Waals surface area contributed by atoms with Gasteiger partial charge in [0.2, 0.25) is 11.8 Å². The molecule has 12 heteroatoms. The predicted octanol–water partition coefficient (Wildman–Crippen LogP) is 0.772. The molecule has 3 aliphatic heterocycles. The summed E-state index contributed by atoms with van der Waals surface area (Å²) in [4.78, 5) is 66.7. The summed E-state index contributed by atoms with van der Waals surface area (Å²) in [5.41, 5.74) is 0.0821. The van der Waals surface area contributed by atoms with Gasteiger partial charge < -0.3 is 19.3 Å². The molecule has 1 N–H and O–H groups in total. The fourth-order valence-corrected chi connectivity index (χ4v) is 5.08. The number of imidazole rings is 1. The number of imide groups is 1. The largest absolute Gasteiger partial charge is 0.488 e. The highest BCUT2D eigenvalue weighted by atomic mass is 16.6. The number of amides is 4. The molecular weight excluding hydrogens is 470 g/mol. The maximum Gasteiger partial charge on any atom is 0.410 e. The minimum Gasteiger partial charge on any atom is -0.488 e. The SMILES string of the molecule is Cn1c(=O)n(C2CCC(=O)NC2=O)c2ccc3c(c21)OC[C@@H]1CN(C(=O)OC(C)(C)C)CCN1C3=O. The van der Waals surface area contributed by atoms with E-state index in [2.05, 4.69) is 5.32 Å². The van der Waals surface area contributed by atoms with Gasteiger partial charge in [0.05, 0.1) is 17.1 Å². The van der Waals surface area contributed by atoms with Crippen molar-refractivity contribution in [2.45, 2.75) is 51.3 Å². The number of piperidine rings is 1. The Balaban J connectivity index is 1.49. The van der Waals surface area contributed by atoms with Crippen LogP contribution in [0, 0.1) is 0 Å². The molecule has 2 atom stereocenters. The van der Waals surface area contributed by atoms with Gasteiger partial charge in [-0.25, -0.2) is 9.59 Å². The average Bonchev–Trinajstić information content (AvgIpc) is 2.96. The van der Waals surface area contributed by atoms with Gasteiger partial charge in [0.15, 0.2) is 5.75 Å². The third kappa shape index (κ3) is 3.90. The predicted molar refractivity (Wildman–Crippen MR) is 127 cm³/mol. The molecule has 3 aliphatic rings. The molecule has 4 heterocycles. The third-order valence-corrected chi connectivity index (χ3v) is 6.77. The lowest BCUT2D eigenvalue weighted by Crippen LogP contribution is -2.58. The fourth-order valence-electron chi connectivity index (χ4n) is 5.08. The van der Waals surface area contributed by atoms with Crippen molar-refractivity contribution < 1.29 is 28.7 Å². The molecule has 2 aromatic rings. The van der Waals surface area contributed by atoms with Gasteiger partial charge in [0.25, 0.3) is 5.91 Å². The van der Waals surface area contributed by atoms with E-state index in [4.69, 9.17) is 9.47 Å². The van der Waals surface area contributed by atoms with E-state index in [-0.39, 0.29) is 43.6 Å². The Labute approximate surface area is 206 Å². The summed E-state index contributed by atoms with van der Waals surface area (Å²) < 4.78 is 14.3. The Morgan fingerprint density at radius 1 is 1.14 bits per heavy atom. The lowest BCUT2D eigenvalue weighted by molar-refractivity contribution is -0.135. The maximum absolute atomic E-state index is 13.5. The molecule has 36 heavy (non-hydrogen) atoms. The lowest BCUT2D eigenvalue weighted by Gasteiger charge is -2.40. The maximum atomic E-state index is 13.5. The summed E-state index contributed by atoms with van der Waals surface area (Å²) in [6.07, 6.45) is -0.108. The fraction of sp³-hybridized carbons (Fsp3) is 0.542. The molecule has 2 saturated heterocycles. The van der Waals surface area contributed by atoms with Crippen molar-refractivity contribution in [2.75, 3.05) is 26.2 Å². The van der Waals surface area contributed by atoms with Gasteiger partial charge in [-0.3, -0.25) is 28.8 Å². The first kappa shape index (κ1) is 23.9. The van der Waals surface area contributed by atoms with Gasteiger partial charge in [0.1, 0.15) is 23.8 Å². The Bertz CT molecular complexity index is 1350. The molecule has 0 radical (unpaired) electrons. The van der Waals surface area contributed by atoms with Crippen molar-refractivity contribution in [3.05, 3.63) is 28.2 Å². The van der Waals surface area contributed by atoms with Crippen LogP contribution in [0.4, 0.5) is 4.79 Å². The van der Waals surface area contributed by atoms with Crippen molar-refractivity contribution in [1.29, 1.82) is 0 Å². The Kier molecular flexibility index (Phi) is 5.56. The molecule has 12 nitrogen and oxygen atoms in total. The monoisotopic (exact) mass is 499 g/mol. The minimum absolute atomic E-state index is 0.120. The second-order valence-electron chi connectivity index (χ2n) is 10.4. The number of rotatable bonds is 1. The van der Waals surface area contributed by atoms with Crippen LogP contribution in [0.1, 0.15) is 50.0 Å². The van der Waals surface area contributed by atoms with Gasteiger partial charge in [-0.1, -0.05) is 0 Å². The molecule has 192 valence electrons. The van der Waals surface area contributed by atoms with Gasteiger partial charge in [-0.15, -0.1) is 0 Å². The van der Waals surface area contributed by atoms with Crippen LogP contribution in [-0.4, -0.2) is 80.6 Å². The minimum atomic E-state index is -0.841. The molecule has 1 unspecified atom stereocenters. The van der Waals surface area contributed by atoms with Crippen LogP contribution in [0.5, 0.6) is 5.75 Å². The van der Waals surface area contributed by atoms with E-state index in [9.17, 15) is 24.0 Å². The Hall–Kier alpha value is -3.83. The Morgan fingerprint density at radius 3 is 2.58 bits per heavy atom. The molecule has 0 spiro atoms. The third-order valence-electron chi connectivity index (χ3n) is 6.77. The van der Waals surface area contributed by atoms with Crippen LogP contribution >= 0.6 is 0 Å². The van der Waals surface area contributed by atoms with Crippen molar-refractivity contribution in [1.82, 2.24) is 24.3 Å². The van der Waals surface area contributed by atoms with Gasteiger partial charge in [-0.2, -0.15) is 0 Å². The van der Waals surface area contributed by atoms with E-state index < -0.39 is 35.4 Å². The summed E-state index contributed by atoms with van der Waals surface area (Å²) in [5.74, 6) is -0.891. The Morgan fingerprint density at radius 2 is 1.89 bits per heavy atom. The molecule has 0 saturated carbocycles. The second kappa shape index (κ2) is 8.38. The van der Waals surface area contributed by atoms with Crippen LogP contribution in [0.3, 0.4) is 0 Å². The number of carbonyl (C=O) groups is 4. The highest BCUT2D eigenvalue weighted by Crippen LogP contribution is 2.35. The smallest absolute Gasteiger partial charge is 0.410 e. The first-order valence-electron chi connectivity index (χ1n) is 12.0. The molecule has 0 bridgehead atoms. The van der Waals surface area contributed by atoms with Crippen LogP contribution in [0.2, 0.25) is 0 Å². The number of aryl methyl sites for hydroxylation is 1. The summed E-state index contributed by atoms with van der Waals surface area (Å²) >= 11 is 0. The van der Waals surface area contributed by atoms with E-state index in [1.54, 1.807) is 49.8 Å². The number of fused-ring (bicyclic) bond motifs is 4. The van der Waals surface area contributed by atoms with Crippen molar-refractivity contribution in [2.24, 2.45) is 7.05 Å². The highest BCUT2D eigenvalue weighted by molar-refractivity contribution is 6.04. The topological polar surface area (TPSA) is 132 Å². The van der Waals surface area contributed by atoms with Gasteiger partial charge >= 0.3 is 11.8 Å². The number of piperazine rings is 1. The number of benzene rings is 1. The van der Waals surface area contributed by atoms with E-state index in [1.807, 2.05) is 0 Å². The average molecular weight is 500 g/mol. The molecule has 5 rings (SSSR count). The number of aromatic nitrogens is 2. The van der Waals surface area contributed by atoms with E-state index in [0.29, 0.717) is 29.7 Å². The van der Waals surface area contributed by atoms with Crippen molar-refractivity contribution >= 4 is 34.8 Å². The number of carbonyl (C=O) groups excluding carboxylic acids is 4. The number of nitrogens with one attached hydrogen (secondary N) is 1. The van der Waals surface area contributed by atoms with Gasteiger partial charge in [-0.05, 0) is 39.3 Å². The summed E-state index contributed by atoms with van der Waals surface area (Å²) in [6, 6.07) is 2.00. The summed E-state index contributed by atoms with van der Waals surface area (Å²) in [7, 11) is 1.56. The molecule has 2 fully saturated rings. The van der Waals surface area contributed by atoms with Crippen molar-refractivity contribution in [3.63, 3.8) is 0 Å². The summed E-state index contributed by atoms with van der Waals surface area (Å²) in [5, 5.41) is 2.29. The van der Waals surface area contributed by atoms with Crippen molar-refractivity contribution in [3.8, 4) is 5.75 Å². The normalized spacial score (nSPS) is 22.5. The van der Waals surface area contributed by atoms with E-state index in [1.165, 1.54) is 9.13 Å². The molecule has 1 aromatic carbocycles. The number of hydrogen-bond acceptors (Lipinski definition) is 7. The number of ether oxygens (including phenoxy) is 2. The second-order valence-corrected chi connectivity index (χ2v) is 10.4. The molecule has 4 amide bonds. The van der Waals surface area contributed by atoms with Crippen LogP contribution in [-0.2, 0) is 21.4 Å². The van der Waals surface area contributed by atoms with Crippen LogP contribution in [0.15, 0.2) is 16.9 Å². The zero-order valence-electron chi connectivity index (χ0n) is 20.7. The lowest BCUT2D eigenvalue weighted by atomic mass is 10.1. The summed E-state index contributed by atoms with van der Waals surface area (Å²) in [6.45, 7) is 6.42. The van der Waals surface area contributed by atoms with Crippen LogP contribution < -0.4 is 15.7 Å².